The van der Waals surface area contributed by atoms with Gasteiger partial charge in [-0.15, -0.1) is 0 Å². The number of nitrogens with zero attached hydrogens (tertiary/aromatic N) is 1. The zero-order valence-corrected chi connectivity index (χ0v) is 10.9. The lowest BCUT2D eigenvalue weighted by molar-refractivity contribution is -0.147. The first-order valence-electron chi connectivity index (χ1n) is 4.74. The third kappa shape index (κ3) is 3.64. The molecule has 18 heavy (non-hydrogen) atoms. The lowest BCUT2D eigenvalue weighted by Gasteiger charge is -2.12. The molecule has 0 radical (unpaired) electrons. The van der Waals surface area contributed by atoms with Crippen molar-refractivity contribution in [1.29, 1.82) is 0 Å². The summed E-state index contributed by atoms with van der Waals surface area (Å²) in [5.74, 6) is -1.27. The number of methoxy groups -OCH3 is 1. The predicted octanol–water partition coefficient (Wildman–Crippen LogP) is 0.113. The van der Waals surface area contributed by atoms with Gasteiger partial charge in [-0.3, -0.25) is 0 Å². The fraction of sp³-hybridized carbons (Fsp3) is 0.333. The van der Waals surface area contributed by atoms with E-state index in [1.165, 1.54) is 25.4 Å². The first-order chi connectivity index (χ1) is 8.38. The second-order valence-electron chi connectivity index (χ2n) is 3.21. The highest BCUT2D eigenvalue weighted by molar-refractivity contribution is 7.89. The lowest BCUT2D eigenvalue weighted by atomic mass is 10.4. The van der Waals surface area contributed by atoms with Crippen molar-refractivity contribution in [2.24, 2.45) is 0 Å². The third-order valence-corrected chi connectivity index (χ3v) is 3.90. The summed E-state index contributed by atoms with van der Waals surface area (Å²) in [5.41, 5.74) is 0. The van der Waals surface area contributed by atoms with E-state index in [1.54, 1.807) is 0 Å². The average molecular weight is 295 g/mol. The number of aliphatic carboxylic acids is 1. The van der Waals surface area contributed by atoms with Crippen molar-refractivity contribution in [3.8, 4) is 0 Å². The summed E-state index contributed by atoms with van der Waals surface area (Å²) in [7, 11) is -2.75. The summed E-state index contributed by atoms with van der Waals surface area (Å²) in [5, 5.41) is 8.51. The van der Waals surface area contributed by atoms with Gasteiger partial charge in [-0.25, -0.2) is 22.9 Å². The van der Waals surface area contributed by atoms with Gasteiger partial charge in [0.15, 0.2) is 6.10 Å². The van der Waals surface area contributed by atoms with Crippen LogP contribution in [0.1, 0.15) is 0 Å². The molecule has 0 spiro atoms. The van der Waals surface area contributed by atoms with Gasteiger partial charge in [0.05, 0.1) is 0 Å². The number of hydrogen-bond donors (Lipinski definition) is 2. The van der Waals surface area contributed by atoms with E-state index in [9.17, 15) is 13.2 Å². The molecule has 0 fully saturated rings. The maximum atomic E-state index is 11.8. The van der Waals surface area contributed by atoms with Crippen molar-refractivity contribution in [2.45, 2.75) is 11.0 Å². The van der Waals surface area contributed by atoms with Crippen molar-refractivity contribution in [2.75, 3.05) is 13.7 Å². The monoisotopic (exact) mass is 294 g/mol. The number of ether oxygens (including phenoxy) is 1. The zero-order valence-electron chi connectivity index (χ0n) is 9.33. The molecule has 2 N–H and O–H groups in total. The molecule has 1 aromatic rings. The Balaban J connectivity index is 2.84. The van der Waals surface area contributed by atoms with Crippen molar-refractivity contribution < 1.29 is 23.1 Å². The minimum atomic E-state index is -3.92. The summed E-state index contributed by atoms with van der Waals surface area (Å²) < 4.78 is 30.3. The van der Waals surface area contributed by atoms with Gasteiger partial charge in [0.2, 0.25) is 10.0 Å². The Hall–Kier alpha value is -1.22. The van der Waals surface area contributed by atoms with E-state index in [1.807, 2.05) is 0 Å². The number of carbonyl (C=O) groups is 1. The number of nitrogens with one attached hydrogen (secondary N) is 1. The van der Waals surface area contributed by atoms with E-state index in [-0.39, 0.29) is 10.0 Å². The van der Waals surface area contributed by atoms with Crippen LogP contribution in [-0.2, 0) is 19.6 Å². The first-order valence-corrected chi connectivity index (χ1v) is 6.60. The quantitative estimate of drug-likeness (QED) is 0.722. The van der Waals surface area contributed by atoms with Gasteiger partial charge in [-0.05, 0) is 12.1 Å². The van der Waals surface area contributed by atoms with Crippen LogP contribution in [0, 0.1) is 0 Å². The smallest absolute Gasteiger partial charge is 0.334 e. The molecule has 0 aliphatic heterocycles. The van der Waals surface area contributed by atoms with Crippen molar-refractivity contribution in [3.05, 3.63) is 23.5 Å². The minimum absolute atomic E-state index is 0.186. The van der Waals surface area contributed by atoms with Crippen LogP contribution in [0.3, 0.4) is 0 Å². The number of aromatic nitrogens is 1. The SMILES string of the molecule is COC(CNS(=O)(=O)c1cccnc1Cl)C(=O)O. The standard InChI is InChI=1S/C9H11ClN2O5S/c1-17-6(9(13)14)5-12-18(15,16)7-3-2-4-11-8(7)10/h2-4,6,12H,5H2,1H3,(H,13,14). The molecule has 0 aliphatic rings. The summed E-state index contributed by atoms with van der Waals surface area (Å²) in [6, 6.07) is 2.67. The van der Waals surface area contributed by atoms with Crippen LogP contribution in [0.25, 0.3) is 0 Å². The molecule has 7 nitrogen and oxygen atoms in total. The number of carboxylic acid groups (broad SMARTS) is 1. The highest BCUT2D eigenvalue weighted by Gasteiger charge is 2.23. The Labute approximate surface area is 109 Å². The summed E-state index contributed by atoms with van der Waals surface area (Å²) in [6.45, 7) is -0.403. The van der Waals surface area contributed by atoms with Gasteiger partial charge in [0.1, 0.15) is 10.0 Å². The van der Waals surface area contributed by atoms with Gasteiger partial charge in [-0.1, -0.05) is 11.6 Å². The number of pyridine rings is 1. The number of rotatable bonds is 6. The minimum Gasteiger partial charge on any atom is -0.479 e. The fourth-order valence-electron chi connectivity index (χ4n) is 1.11. The Morgan fingerprint density at radius 2 is 2.33 bits per heavy atom. The van der Waals surface area contributed by atoms with Crippen LogP contribution in [-0.4, -0.2) is 44.2 Å². The molecule has 1 rings (SSSR count). The van der Waals surface area contributed by atoms with E-state index in [0.29, 0.717) is 0 Å². The molecule has 0 amide bonds. The van der Waals surface area contributed by atoms with E-state index in [0.717, 1.165) is 0 Å². The normalized spacial score (nSPS) is 13.2. The van der Waals surface area contributed by atoms with Gasteiger partial charge in [0.25, 0.3) is 0 Å². The van der Waals surface area contributed by atoms with Crippen LogP contribution in [0.15, 0.2) is 23.2 Å². The first kappa shape index (κ1) is 14.8. The summed E-state index contributed by atoms with van der Waals surface area (Å²) in [4.78, 5) is 14.1. The highest BCUT2D eigenvalue weighted by atomic mass is 35.5. The molecule has 1 unspecified atom stereocenters. The highest BCUT2D eigenvalue weighted by Crippen LogP contribution is 2.17. The second-order valence-corrected chi connectivity index (χ2v) is 5.30. The summed E-state index contributed by atoms with van der Waals surface area (Å²) in [6.07, 6.45) is 0.0755. The zero-order chi connectivity index (χ0) is 13.8. The van der Waals surface area contributed by atoms with Crippen LogP contribution in [0.4, 0.5) is 0 Å². The fourth-order valence-corrected chi connectivity index (χ4v) is 2.59. The third-order valence-electron chi connectivity index (χ3n) is 2.03. The van der Waals surface area contributed by atoms with E-state index >= 15 is 0 Å². The maximum absolute atomic E-state index is 11.8. The molecular formula is C9H11ClN2O5S. The average Bonchev–Trinajstić information content (AvgIpc) is 2.29. The Morgan fingerprint density at radius 1 is 1.67 bits per heavy atom. The van der Waals surface area contributed by atoms with E-state index in [2.05, 4.69) is 14.4 Å². The van der Waals surface area contributed by atoms with Crippen molar-refractivity contribution >= 4 is 27.6 Å². The van der Waals surface area contributed by atoms with Crippen LogP contribution in [0.5, 0.6) is 0 Å². The topological polar surface area (TPSA) is 106 Å². The molecule has 0 aromatic carbocycles. The maximum Gasteiger partial charge on any atom is 0.334 e. The molecule has 100 valence electrons. The largest absolute Gasteiger partial charge is 0.479 e. The molecule has 0 bridgehead atoms. The van der Waals surface area contributed by atoms with Gasteiger partial charge < -0.3 is 9.84 Å². The molecule has 0 saturated carbocycles. The van der Waals surface area contributed by atoms with E-state index in [4.69, 9.17) is 16.7 Å². The van der Waals surface area contributed by atoms with Crippen LogP contribution >= 0.6 is 11.6 Å². The predicted molar refractivity (Wildman–Crippen MR) is 62.9 cm³/mol. The van der Waals surface area contributed by atoms with Gasteiger partial charge in [-0.2, -0.15) is 0 Å². The Bertz CT molecular complexity index is 534. The molecule has 9 heteroatoms. The van der Waals surface area contributed by atoms with Crippen LogP contribution < -0.4 is 4.72 Å². The van der Waals surface area contributed by atoms with Crippen molar-refractivity contribution in [1.82, 2.24) is 9.71 Å². The van der Waals surface area contributed by atoms with Gasteiger partial charge in [0, 0.05) is 19.9 Å². The molecular weight excluding hydrogens is 284 g/mol. The molecule has 1 aromatic heterocycles. The van der Waals surface area contributed by atoms with Crippen LogP contribution in [0.2, 0.25) is 5.15 Å². The molecule has 0 aliphatic carbocycles. The number of sulfonamides is 1. The lowest BCUT2D eigenvalue weighted by Crippen LogP contribution is -2.37. The molecule has 1 heterocycles. The second kappa shape index (κ2) is 6.10. The number of carboxylic acids is 1. The van der Waals surface area contributed by atoms with Crippen molar-refractivity contribution in [3.63, 3.8) is 0 Å². The Kier molecular flexibility index (Phi) is 5.03. The molecule has 0 saturated heterocycles. The Morgan fingerprint density at radius 3 is 2.83 bits per heavy atom. The number of halogens is 1. The summed E-state index contributed by atoms with van der Waals surface area (Å²) >= 11 is 5.64. The number of hydrogen-bond acceptors (Lipinski definition) is 5. The van der Waals surface area contributed by atoms with E-state index < -0.39 is 28.6 Å². The van der Waals surface area contributed by atoms with Gasteiger partial charge >= 0.3 is 5.97 Å². The molecule has 1 atom stereocenters.